The van der Waals surface area contributed by atoms with E-state index in [1.165, 1.54) is 24.2 Å². The number of carboxylic acid groups (broad SMARTS) is 1. The van der Waals surface area contributed by atoms with E-state index in [1.807, 2.05) is 0 Å². The molecule has 0 saturated carbocycles. The molecule has 4 rings (SSSR count). The van der Waals surface area contributed by atoms with Crippen LogP contribution < -0.4 is 20.1 Å². The van der Waals surface area contributed by atoms with E-state index in [4.69, 9.17) is 21.4 Å². The number of hydrogen-bond donors (Lipinski definition) is 1. The number of benzene rings is 2. The zero-order valence-corrected chi connectivity index (χ0v) is 18.4. The second-order valence-corrected chi connectivity index (χ2v) is 7.48. The van der Waals surface area contributed by atoms with Crippen LogP contribution in [-0.4, -0.2) is 30.0 Å². The minimum absolute atomic E-state index is 0.0478. The average Bonchev–Trinajstić information content (AvgIpc) is 3.25. The van der Waals surface area contributed by atoms with E-state index in [9.17, 15) is 19.5 Å². The highest BCUT2D eigenvalue weighted by Crippen LogP contribution is 2.32. The van der Waals surface area contributed by atoms with Gasteiger partial charge in [-0.15, -0.1) is 0 Å². The summed E-state index contributed by atoms with van der Waals surface area (Å²) in [5, 5.41) is 13.7. The predicted octanol–water partition coefficient (Wildman–Crippen LogP) is 2.46. The summed E-state index contributed by atoms with van der Waals surface area (Å²) in [5.74, 6) is -1.57. The number of carbonyl (C=O) groups excluding carboxylic acids is 3. The molecule has 2 amide bonds. The summed E-state index contributed by atoms with van der Waals surface area (Å²) in [6, 6.07) is 14.7. The first kappa shape index (κ1) is 22.0. The van der Waals surface area contributed by atoms with Crippen molar-refractivity contribution in [1.29, 1.82) is 0 Å². The molecule has 0 spiro atoms. The van der Waals surface area contributed by atoms with Gasteiger partial charge in [0.1, 0.15) is 22.8 Å². The lowest BCUT2D eigenvalue weighted by Crippen LogP contribution is -2.54. The highest BCUT2D eigenvalue weighted by Gasteiger charge is 2.36. The van der Waals surface area contributed by atoms with Gasteiger partial charge in [-0.3, -0.25) is 14.9 Å². The fraction of sp³-hybridized carbons (Fsp3) is 0.0833. The molecule has 1 aliphatic heterocycles. The van der Waals surface area contributed by atoms with E-state index in [1.54, 1.807) is 55.5 Å². The molecule has 2 aromatic carbocycles. The Hall–Kier alpha value is -4.24. The number of carbonyl (C=O) groups is 3. The van der Waals surface area contributed by atoms with Gasteiger partial charge in [-0.05, 0) is 55.0 Å². The smallest absolute Gasteiger partial charge is 0.270 e. The number of nitrogens with zero attached hydrogens (tertiary/aromatic N) is 1. The molecule has 0 radical (unpaired) electrons. The molecule has 1 N–H and O–H groups in total. The lowest BCUT2D eigenvalue weighted by Gasteiger charge is -2.29. The van der Waals surface area contributed by atoms with Crippen molar-refractivity contribution in [2.45, 2.75) is 6.92 Å². The molecule has 2 heterocycles. The summed E-state index contributed by atoms with van der Waals surface area (Å²) in [4.78, 5) is 38.2. The normalized spacial score (nSPS) is 15.0. The minimum atomic E-state index is -1.29. The number of carboxylic acids is 1. The summed E-state index contributed by atoms with van der Waals surface area (Å²) >= 11 is 5.22. The Bertz CT molecular complexity index is 1340. The zero-order valence-electron chi connectivity index (χ0n) is 17.6. The second-order valence-electron chi connectivity index (χ2n) is 7.10. The lowest BCUT2D eigenvalue weighted by molar-refractivity contribution is -0.255. The molecule has 9 heteroatoms. The Labute approximate surface area is 194 Å². The molecule has 33 heavy (non-hydrogen) atoms. The number of para-hydroxylation sites is 2. The summed E-state index contributed by atoms with van der Waals surface area (Å²) in [6.45, 7) is 1.64. The van der Waals surface area contributed by atoms with Crippen LogP contribution in [0, 0.1) is 6.92 Å². The maximum Gasteiger partial charge on any atom is 0.270 e. The maximum atomic E-state index is 13.2. The van der Waals surface area contributed by atoms with Crippen molar-refractivity contribution in [1.82, 2.24) is 5.32 Å². The highest BCUT2D eigenvalue weighted by atomic mass is 32.1. The number of thiocarbonyl (C=S) groups is 1. The first-order chi connectivity index (χ1) is 15.8. The topological polar surface area (TPSA) is 112 Å². The summed E-state index contributed by atoms with van der Waals surface area (Å²) < 4.78 is 11.1. The fourth-order valence-corrected chi connectivity index (χ4v) is 3.81. The number of amides is 2. The first-order valence-corrected chi connectivity index (χ1v) is 10.2. The Balaban J connectivity index is 1.71. The third-order valence-electron chi connectivity index (χ3n) is 5.16. The SMILES string of the molecule is COc1ccccc1N1C(=O)/C(=C/c2ccc(-c3cccc(C(=O)[O-])c3C)o2)C(=O)NC1=S. The lowest BCUT2D eigenvalue weighted by atomic mass is 10.0. The third-order valence-corrected chi connectivity index (χ3v) is 5.44. The number of anilines is 1. The third kappa shape index (κ3) is 4.01. The van der Waals surface area contributed by atoms with Gasteiger partial charge in [0.05, 0.1) is 18.8 Å². The molecule has 0 atom stereocenters. The van der Waals surface area contributed by atoms with Crippen molar-refractivity contribution < 1.29 is 28.6 Å². The molecule has 1 aliphatic rings. The standard InChI is InChI=1S/C24H18N2O6S/c1-13-15(6-5-7-16(13)23(29)30)19-11-10-14(32-19)12-17-21(27)25-24(33)26(22(17)28)18-8-3-4-9-20(18)31-2/h3-12H,1-2H3,(H,29,30)(H,25,27,33)/p-1/b17-12+. The molecule has 1 aromatic heterocycles. The molecule has 8 nitrogen and oxygen atoms in total. The van der Waals surface area contributed by atoms with Crippen LogP contribution in [0.4, 0.5) is 5.69 Å². The zero-order chi connectivity index (χ0) is 23.7. The molecule has 0 bridgehead atoms. The van der Waals surface area contributed by atoms with E-state index >= 15 is 0 Å². The largest absolute Gasteiger partial charge is 0.545 e. The molecule has 1 fully saturated rings. The molecular weight excluding hydrogens is 444 g/mol. The average molecular weight is 461 g/mol. The monoisotopic (exact) mass is 461 g/mol. The Kier molecular flexibility index (Phi) is 5.80. The van der Waals surface area contributed by atoms with Gasteiger partial charge in [0.2, 0.25) is 0 Å². The van der Waals surface area contributed by atoms with Crippen molar-refractivity contribution in [3.63, 3.8) is 0 Å². The van der Waals surface area contributed by atoms with Crippen LogP contribution in [0.1, 0.15) is 21.7 Å². The number of aromatic carboxylic acids is 1. The van der Waals surface area contributed by atoms with Crippen molar-refractivity contribution in [2.24, 2.45) is 0 Å². The van der Waals surface area contributed by atoms with Gasteiger partial charge in [-0.2, -0.15) is 0 Å². The number of furan rings is 1. The van der Waals surface area contributed by atoms with Crippen molar-refractivity contribution >= 4 is 46.9 Å². The Morgan fingerprint density at radius 1 is 1.12 bits per heavy atom. The molecule has 1 saturated heterocycles. The van der Waals surface area contributed by atoms with Gasteiger partial charge in [-0.25, -0.2) is 4.90 Å². The van der Waals surface area contributed by atoms with Gasteiger partial charge >= 0.3 is 0 Å². The van der Waals surface area contributed by atoms with E-state index in [2.05, 4.69) is 5.32 Å². The number of hydrogen-bond acceptors (Lipinski definition) is 7. The second kappa shape index (κ2) is 8.71. The van der Waals surface area contributed by atoms with Gasteiger partial charge in [-0.1, -0.05) is 30.3 Å². The summed E-state index contributed by atoms with van der Waals surface area (Å²) in [5.41, 5.74) is 1.28. The van der Waals surface area contributed by atoms with E-state index in [-0.39, 0.29) is 22.0 Å². The van der Waals surface area contributed by atoms with Crippen LogP contribution in [0.2, 0.25) is 0 Å². The van der Waals surface area contributed by atoms with Crippen LogP contribution >= 0.6 is 12.2 Å². The number of ether oxygens (including phenoxy) is 1. The van der Waals surface area contributed by atoms with Crippen LogP contribution in [0.25, 0.3) is 17.4 Å². The van der Waals surface area contributed by atoms with Crippen LogP contribution in [-0.2, 0) is 9.59 Å². The van der Waals surface area contributed by atoms with Crippen LogP contribution in [0.15, 0.2) is 64.6 Å². The number of methoxy groups -OCH3 is 1. The number of rotatable bonds is 5. The van der Waals surface area contributed by atoms with Crippen molar-refractivity contribution in [3.8, 4) is 17.1 Å². The van der Waals surface area contributed by atoms with Crippen LogP contribution in [0.5, 0.6) is 5.75 Å². The van der Waals surface area contributed by atoms with Gasteiger partial charge in [0, 0.05) is 11.1 Å². The van der Waals surface area contributed by atoms with Gasteiger partial charge in [0.15, 0.2) is 5.11 Å². The van der Waals surface area contributed by atoms with Crippen molar-refractivity contribution in [2.75, 3.05) is 12.0 Å². The quantitative estimate of drug-likeness (QED) is 0.353. The maximum absolute atomic E-state index is 13.2. The van der Waals surface area contributed by atoms with Gasteiger partial charge in [0.25, 0.3) is 11.8 Å². The fourth-order valence-electron chi connectivity index (χ4n) is 3.53. The molecule has 0 unspecified atom stereocenters. The van der Waals surface area contributed by atoms with Gasteiger partial charge < -0.3 is 19.1 Å². The molecule has 0 aliphatic carbocycles. The molecule has 3 aromatic rings. The predicted molar refractivity (Wildman–Crippen MR) is 122 cm³/mol. The Morgan fingerprint density at radius 2 is 1.88 bits per heavy atom. The van der Waals surface area contributed by atoms with E-state index < -0.39 is 17.8 Å². The molecule has 166 valence electrons. The minimum Gasteiger partial charge on any atom is -0.545 e. The number of nitrogens with one attached hydrogen (secondary N) is 1. The first-order valence-electron chi connectivity index (χ1n) is 9.77. The summed E-state index contributed by atoms with van der Waals surface area (Å²) in [6.07, 6.45) is 1.31. The Morgan fingerprint density at radius 3 is 2.61 bits per heavy atom. The van der Waals surface area contributed by atoms with E-state index in [0.29, 0.717) is 28.3 Å². The summed E-state index contributed by atoms with van der Waals surface area (Å²) in [7, 11) is 1.47. The van der Waals surface area contributed by atoms with Crippen LogP contribution in [0.3, 0.4) is 0 Å². The van der Waals surface area contributed by atoms with Crippen molar-refractivity contribution in [3.05, 3.63) is 77.1 Å². The highest BCUT2D eigenvalue weighted by molar-refractivity contribution is 7.80. The molecular formula is C24H17N2O6S-. The van der Waals surface area contributed by atoms with E-state index in [0.717, 1.165) is 0 Å².